The zero-order valence-corrected chi connectivity index (χ0v) is 15.4. The second-order valence-electron chi connectivity index (χ2n) is 7.00. The van der Waals surface area contributed by atoms with Crippen molar-refractivity contribution in [1.82, 2.24) is 15.1 Å². The number of nitrogens with zero attached hydrogens (tertiary/aromatic N) is 2. The van der Waals surface area contributed by atoms with Crippen LogP contribution in [0.25, 0.3) is 0 Å². The summed E-state index contributed by atoms with van der Waals surface area (Å²) >= 11 is 0. The van der Waals surface area contributed by atoms with E-state index in [9.17, 15) is 9.59 Å². The van der Waals surface area contributed by atoms with Gasteiger partial charge in [-0.2, -0.15) is 0 Å². The van der Waals surface area contributed by atoms with E-state index in [4.69, 9.17) is 4.74 Å². The Morgan fingerprint density at radius 2 is 1.77 bits per heavy atom. The van der Waals surface area contributed by atoms with Crippen LogP contribution in [0.2, 0.25) is 0 Å². The minimum atomic E-state index is 0.0673. The third kappa shape index (κ3) is 5.21. The zero-order chi connectivity index (χ0) is 18.2. The first-order valence-electron chi connectivity index (χ1n) is 9.69. The molecule has 2 saturated heterocycles. The first kappa shape index (κ1) is 18.7. The molecule has 1 aromatic rings. The van der Waals surface area contributed by atoms with Crippen molar-refractivity contribution >= 4 is 11.8 Å². The third-order valence-corrected chi connectivity index (χ3v) is 5.18. The number of carbonyl (C=O) groups excluding carboxylic acids is 2. The van der Waals surface area contributed by atoms with E-state index < -0.39 is 0 Å². The van der Waals surface area contributed by atoms with Gasteiger partial charge in [0.05, 0.1) is 13.0 Å². The van der Waals surface area contributed by atoms with E-state index in [1.54, 1.807) is 0 Å². The average molecular weight is 359 g/mol. The van der Waals surface area contributed by atoms with Gasteiger partial charge in [-0.15, -0.1) is 0 Å². The van der Waals surface area contributed by atoms with Crippen LogP contribution in [0.15, 0.2) is 30.3 Å². The van der Waals surface area contributed by atoms with Gasteiger partial charge in [0, 0.05) is 38.6 Å². The van der Waals surface area contributed by atoms with Gasteiger partial charge in [-0.3, -0.25) is 9.59 Å². The van der Waals surface area contributed by atoms with Crippen molar-refractivity contribution in [1.29, 1.82) is 0 Å². The summed E-state index contributed by atoms with van der Waals surface area (Å²) in [5.74, 6) is 1.24. The Morgan fingerprint density at radius 1 is 1.00 bits per heavy atom. The molecule has 2 heterocycles. The van der Waals surface area contributed by atoms with E-state index >= 15 is 0 Å². The predicted octanol–water partition coefficient (Wildman–Crippen LogP) is 1.52. The molecule has 0 aliphatic carbocycles. The molecule has 26 heavy (non-hydrogen) atoms. The average Bonchev–Trinajstić information content (AvgIpc) is 2.98. The Balaban J connectivity index is 1.38. The number of rotatable bonds is 5. The first-order chi connectivity index (χ1) is 12.7. The molecule has 0 aromatic heterocycles. The van der Waals surface area contributed by atoms with E-state index in [1.807, 2.05) is 40.1 Å². The van der Waals surface area contributed by atoms with Crippen molar-refractivity contribution in [2.24, 2.45) is 5.92 Å². The summed E-state index contributed by atoms with van der Waals surface area (Å²) in [6.45, 7) is 5.25. The Labute approximate surface area is 155 Å². The Kier molecular flexibility index (Phi) is 6.89. The van der Waals surface area contributed by atoms with Crippen molar-refractivity contribution in [2.45, 2.75) is 25.7 Å². The summed E-state index contributed by atoms with van der Waals surface area (Å²) in [5, 5.41) is 3.33. The van der Waals surface area contributed by atoms with Crippen molar-refractivity contribution < 1.29 is 14.3 Å². The number of hydrogen-bond donors (Lipinski definition) is 1. The lowest BCUT2D eigenvalue weighted by atomic mass is 9.95. The van der Waals surface area contributed by atoms with Crippen LogP contribution in [-0.2, 0) is 9.59 Å². The van der Waals surface area contributed by atoms with Crippen molar-refractivity contribution in [3.63, 3.8) is 0 Å². The van der Waals surface area contributed by atoms with Gasteiger partial charge in [0.25, 0.3) is 0 Å². The van der Waals surface area contributed by atoms with Crippen LogP contribution in [0.3, 0.4) is 0 Å². The summed E-state index contributed by atoms with van der Waals surface area (Å²) in [6.07, 6.45) is 2.94. The minimum Gasteiger partial charge on any atom is -0.493 e. The van der Waals surface area contributed by atoms with E-state index in [2.05, 4.69) is 5.32 Å². The molecule has 3 rings (SSSR count). The number of ether oxygens (including phenoxy) is 1. The van der Waals surface area contributed by atoms with Crippen LogP contribution in [0, 0.1) is 5.92 Å². The number of carbonyl (C=O) groups is 2. The van der Waals surface area contributed by atoms with Crippen LogP contribution in [0.1, 0.15) is 25.7 Å². The highest BCUT2D eigenvalue weighted by molar-refractivity contribution is 5.80. The monoisotopic (exact) mass is 359 g/mol. The van der Waals surface area contributed by atoms with Gasteiger partial charge in [0.15, 0.2) is 0 Å². The predicted molar refractivity (Wildman–Crippen MR) is 99.9 cm³/mol. The fourth-order valence-electron chi connectivity index (χ4n) is 3.63. The highest BCUT2D eigenvalue weighted by Gasteiger charge is 2.30. The number of amides is 2. The van der Waals surface area contributed by atoms with Gasteiger partial charge < -0.3 is 19.9 Å². The summed E-state index contributed by atoms with van der Waals surface area (Å²) in [4.78, 5) is 28.9. The molecular formula is C20H29N3O3. The Bertz CT molecular complexity index is 577. The second kappa shape index (κ2) is 9.57. The molecule has 0 spiro atoms. The topological polar surface area (TPSA) is 61.9 Å². The maximum Gasteiger partial charge on any atom is 0.225 e. The van der Waals surface area contributed by atoms with Gasteiger partial charge in [-0.25, -0.2) is 0 Å². The molecule has 2 amide bonds. The van der Waals surface area contributed by atoms with Gasteiger partial charge >= 0.3 is 0 Å². The first-order valence-corrected chi connectivity index (χ1v) is 9.69. The van der Waals surface area contributed by atoms with Crippen LogP contribution in [0.4, 0.5) is 0 Å². The molecule has 0 saturated carbocycles. The molecule has 0 atom stereocenters. The third-order valence-electron chi connectivity index (χ3n) is 5.18. The van der Waals surface area contributed by atoms with Crippen molar-refractivity contribution in [3.05, 3.63) is 30.3 Å². The molecule has 0 radical (unpaired) electrons. The van der Waals surface area contributed by atoms with Gasteiger partial charge in [-0.05, 0) is 37.9 Å². The lowest BCUT2D eigenvalue weighted by molar-refractivity contribution is -0.140. The molecule has 6 heteroatoms. The number of benzene rings is 1. The SMILES string of the molecule is O=C(CCOc1ccccc1)N1CCC(C(=O)N2CCCNCC2)CC1. The summed E-state index contributed by atoms with van der Waals surface area (Å²) < 4.78 is 5.60. The summed E-state index contributed by atoms with van der Waals surface area (Å²) in [6, 6.07) is 9.55. The quantitative estimate of drug-likeness (QED) is 0.866. The number of likely N-dealkylation sites (tertiary alicyclic amines) is 1. The van der Waals surface area contributed by atoms with Crippen molar-refractivity contribution in [3.8, 4) is 5.75 Å². The largest absolute Gasteiger partial charge is 0.493 e. The lowest BCUT2D eigenvalue weighted by Crippen LogP contribution is -2.45. The summed E-state index contributed by atoms with van der Waals surface area (Å²) in [5.41, 5.74) is 0. The highest BCUT2D eigenvalue weighted by Crippen LogP contribution is 2.21. The standard InChI is InChI=1S/C20H29N3O3/c24-19(9-16-26-18-5-2-1-3-6-18)22-13-7-17(8-14-22)20(25)23-12-4-10-21-11-15-23/h1-3,5-6,17,21H,4,7-16H2. The fraction of sp³-hybridized carbons (Fsp3) is 0.600. The summed E-state index contributed by atoms with van der Waals surface area (Å²) in [7, 11) is 0. The van der Waals surface area contributed by atoms with Gasteiger partial charge in [-0.1, -0.05) is 18.2 Å². The normalized spacial score (nSPS) is 19.1. The molecule has 142 valence electrons. The van der Waals surface area contributed by atoms with Crippen molar-refractivity contribution in [2.75, 3.05) is 45.9 Å². The Morgan fingerprint density at radius 3 is 2.54 bits per heavy atom. The molecule has 0 bridgehead atoms. The zero-order valence-electron chi connectivity index (χ0n) is 15.4. The van der Waals surface area contributed by atoms with Crippen LogP contribution < -0.4 is 10.1 Å². The molecular weight excluding hydrogens is 330 g/mol. The maximum absolute atomic E-state index is 12.7. The molecule has 2 aliphatic heterocycles. The number of piperidine rings is 1. The van der Waals surface area contributed by atoms with Crippen LogP contribution in [0.5, 0.6) is 5.75 Å². The van der Waals surface area contributed by atoms with Gasteiger partial charge in [0.1, 0.15) is 5.75 Å². The molecule has 2 fully saturated rings. The maximum atomic E-state index is 12.7. The lowest BCUT2D eigenvalue weighted by Gasteiger charge is -2.34. The number of hydrogen-bond acceptors (Lipinski definition) is 4. The molecule has 1 aromatic carbocycles. The fourth-order valence-corrected chi connectivity index (χ4v) is 3.63. The van der Waals surface area contributed by atoms with E-state index in [1.165, 1.54) is 0 Å². The van der Waals surface area contributed by atoms with Crippen LogP contribution >= 0.6 is 0 Å². The minimum absolute atomic E-state index is 0.0673. The van der Waals surface area contributed by atoms with Gasteiger partial charge in [0.2, 0.25) is 11.8 Å². The second-order valence-corrected chi connectivity index (χ2v) is 7.00. The number of para-hydroxylation sites is 1. The highest BCUT2D eigenvalue weighted by atomic mass is 16.5. The molecule has 0 unspecified atom stereocenters. The molecule has 6 nitrogen and oxygen atoms in total. The van der Waals surface area contributed by atoms with E-state index in [0.717, 1.165) is 51.2 Å². The smallest absolute Gasteiger partial charge is 0.225 e. The molecule has 1 N–H and O–H groups in total. The number of nitrogens with one attached hydrogen (secondary N) is 1. The van der Waals surface area contributed by atoms with E-state index in [-0.39, 0.29) is 17.7 Å². The molecule has 2 aliphatic rings. The Hall–Kier alpha value is -2.08. The van der Waals surface area contributed by atoms with Crippen LogP contribution in [-0.4, -0.2) is 67.5 Å². The van der Waals surface area contributed by atoms with E-state index in [0.29, 0.717) is 26.1 Å².